The van der Waals surface area contributed by atoms with Crippen molar-refractivity contribution in [1.82, 2.24) is 10.3 Å². The summed E-state index contributed by atoms with van der Waals surface area (Å²) < 4.78 is 0. The highest BCUT2D eigenvalue weighted by molar-refractivity contribution is 5.88. The van der Waals surface area contributed by atoms with E-state index in [9.17, 15) is 4.79 Å². The second-order valence-electron chi connectivity index (χ2n) is 9.05. The van der Waals surface area contributed by atoms with E-state index in [1.54, 1.807) is 0 Å². The van der Waals surface area contributed by atoms with Crippen molar-refractivity contribution >= 4 is 16.8 Å². The maximum atomic E-state index is 12.4. The molecule has 4 saturated carbocycles. The fourth-order valence-corrected chi connectivity index (χ4v) is 6.58. The van der Waals surface area contributed by atoms with E-state index in [0.29, 0.717) is 11.8 Å². The molecule has 4 fully saturated rings. The van der Waals surface area contributed by atoms with Crippen LogP contribution in [0.3, 0.4) is 0 Å². The quantitative estimate of drug-likeness (QED) is 0.833. The Hall–Kier alpha value is -1.77. The third-order valence-corrected chi connectivity index (χ3v) is 7.17. The first kappa shape index (κ1) is 15.5. The molecule has 1 heterocycles. The number of rotatable bonds is 5. The van der Waals surface area contributed by atoms with Crippen LogP contribution in [0.1, 0.15) is 50.5 Å². The van der Waals surface area contributed by atoms with E-state index in [4.69, 9.17) is 0 Å². The zero-order valence-electron chi connectivity index (χ0n) is 14.9. The van der Waals surface area contributed by atoms with Crippen molar-refractivity contribution in [3.8, 4) is 0 Å². The number of hydrogen-bond donors (Lipinski definition) is 2. The third kappa shape index (κ3) is 2.88. The van der Waals surface area contributed by atoms with Crippen molar-refractivity contribution < 1.29 is 4.79 Å². The van der Waals surface area contributed by atoms with Crippen LogP contribution in [0.2, 0.25) is 0 Å². The van der Waals surface area contributed by atoms with Gasteiger partial charge in [-0.15, -0.1) is 0 Å². The van der Waals surface area contributed by atoms with Crippen molar-refractivity contribution in [2.24, 2.45) is 23.2 Å². The lowest BCUT2D eigenvalue weighted by atomic mass is 9.49. The van der Waals surface area contributed by atoms with Crippen LogP contribution in [0.4, 0.5) is 0 Å². The highest BCUT2D eigenvalue weighted by Gasteiger charge is 2.50. The van der Waals surface area contributed by atoms with Gasteiger partial charge in [0.25, 0.3) is 0 Å². The van der Waals surface area contributed by atoms with Crippen LogP contribution < -0.4 is 5.32 Å². The van der Waals surface area contributed by atoms with E-state index in [0.717, 1.165) is 35.4 Å². The summed E-state index contributed by atoms with van der Waals surface area (Å²) in [4.78, 5) is 15.7. The average molecular weight is 336 g/mol. The fraction of sp³-hybridized carbons (Fsp3) is 0.591. The molecule has 0 radical (unpaired) electrons. The number of H-pyrrole nitrogens is 1. The Bertz CT molecular complexity index is 755. The molecule has 0 unspecified atom stereocenters. The maximum Gasteiger partial charge on any atom is 0.224 e. The minimum absolute atomic E-state index is 0.162. The first-order valence-corrected chi connectivity index (χ1v) is 10.0. The number of nitrogens with one attached hydrogen (secondary N) is 2. The Balaban J connectivity index is 1.17. The molecule has 4 bridgehead atoms. The number of amides is 1. The Kier molecular flexibility index (Phi) is 3.65. The average Bonchev–Trinajstić information content (AvgIpc) is 2.96. The minimum atomic E-state index is 0.162. The summed E-state index contributed by atoms with van der Waals surface area (Å²) >= 11 is 0. The molecule has 0 atom stereocenters. The van der Waals surface area contributed by atoms with Crippen LogP contribution in [0.15, 0.2) is 30.5 Å². The van der Waals surface area contributed by atoms with Gasteiger partial charge in [0, 0.05) is 23.6 Å². The standard InChI is InChI=1S/C22H28N2O/c25-21(10-18-14-24-20-4-2-1-3-19(18)20)23-6-5-22-11-15-7-16(12-22)9-17(8-15)13-22/h1-4,14-17,24H,5-13H2,(H,23,25). The van der Waals surface area contributed by atoms with Gasteiger partial charge in [0.05, 0.1) is 6.42 Å². The lowest BCUT2D eigenvalue weighted by Crippen LogP contribution is -2.47. The van der Waals surface area contributed by atoms with Crippen LogP contribution in [0.5, 0.6) is 0 Å². The van der Waals surface area contributed by atoms with E-state index >= 15 is 0 Å². The fourth-order valence-electron chi connectivity index (χ4n) is 6.58. The van der Waals surface area contributed by atoms with Gasteiger partial charge in [-0.2, -0.15) is 0 Å². The Morgan fingerprint density at radius 1 is 1.08 bits per heavy atom. The van der Waals surface area contributed by atoms with Gasteiger partial charge >= 0.3 is 0 Å². The predicted molar refractivity (Wildman–Crippen MR) is 100 cm³/mol. The largest absolute Gasteiger partial charge is 0.361 e. The zero-order chi connectivity index (χ0) is 16.9. The molecule has 25 heavy (non-hydrogen) atoms. The van der Waals surface area contributed by atoms with Crippen molar-refractivity contribution in [3.05, 3.63) is 36.0 Å². The van der Waals surface area contributed by atoms with Crippen molar-refractivity contribution in [2.45, 2.75) is 51.4 Å². The molecule has 3 heteroatoms. The number of aromatic nitrogens is 1. The molecule has 4 aliphatic rings. The Morgan fingerprint density at radius 3 is 2.48 bits per heavy atom. The molecule has 6 rings (SSSR count). The third-order valence-electron chi connectivity index (χ3n) is 7.17. The number of carbonyl (C=O) groups excluding carboxylic acids is 1. The van der Waals surface area contributed by atoms with Gasteiger partial charge < -0.3 is 10.3 Å². The van der Waals surface area contributed by atoms with Crippen LogP contribution in [0, 0.1) is 23.2 Å². The van der Waals surface area contributed by atoms with E-state index in [1.165, 1.54) is 50.3 Å². The Morgan fingerprint density at radius 2 is 1.76 bits per heavy atom. The molecule has 0 aliphatic heterocycles. The number of aromatic amines is 1. The predicted octanol–water partition coefficient (Wildman–Crippen LogP) is 4.43. The molecule has 3 nitrogen and oxygen atoms in total. The summed E-state index contributed by atoms with van der Waals surface area (Å²) in [5.74, 6) is 3.14. The van der Waals surface area contributed by atoms with Crippen LogP contribution in [0.25, 0.3) is 10.9 Å². The van der Waals surface area contributed by atoms with Gasteiger partial charge in [-0.25, -0.2) is 0 Å². The summed E-state index contributed by atoms with van der Waals surface area (Å²) in [6.45, 7) is 0.855. The van der Waals surface area contributed by atoms with Gasteiger partial charge in [0.15, 0.2) is 0 Å². The van der Waals surface area contributed by atoms with Gasteiger partial charge in [0.2, 0.25) is 5.91 Å². The minimum Gasteiger partial charge on any atom is -0.361 e. The van der Waals surface area contributed by atoms with Gasteiger partial charge in [-0.05, 0) is 79.7 Å². The molecule has 2 N–H and O–H groups in total. The number of hydrogen-bond acceptors (Lipinski definition) is 1. The number of benzene rings is 1. The molecule has 1 aromatic carbocycles. The maximum absolute atomic E-state index is 12.4. The van der Waals surface area contributed by atoms with Gasteiger partial charge in [-0.3, -0.25) is 4.79 Å². The molecule has 1 aromatic heterocycles. The summed E-state index contributed by atoms with van der Waals surface area (Å²) in [5.41, 5.74) is 2.77. The number of para-hydroxylation sites is 1. The smallest absolute Gasteiger partial charge is 0.224 e. The zero-order valence-corrected chi connectivity index (χ0v) is 14.9. The van der Waals surface area contributed by atoms with Crippen molar-refractivity contribution in [3.63, 3.8) is 0 Å². The number of fused-ring (bicyclic) bond motifs is 1. The van der Waals surface area contributed by atoms with Gasteiger partial charge in [-0.1, -0.05) is 18.2 Å². The summed E-state index contributed by atoms with van der Waals surface area (Å²) in [6.07, 6.45) is 12.4. The Labute approximate surface area is 149 Å². The molecular weight excluding hydrogens is 308 g/mol. The monoisotopic (exact) mass is 336 g/mol. The van der Waals surface area contributed by atoms with Crippen molar-refractivity contribution in [1.29, 1.82) is 0 Å². The van der Waals surface area contributed by atoms with Gasteiger partial charge in [0.1, 0.15) is 0 Å². The lowest BCUT2D eigenvalue weighted by Gasteiger charge is -2.57. The number of carbonyl (C=O) groups is 1. The molecule has 4 aliphatic carbocycles. The molecule has 0 saturated heterocycles. The molecular formula is C22H28N2O. The van der Waals surface area contributed by atoms with Crippen LogP contribution in [-0.2, 0) is 11.2 Å². The lowest BCUT2D eigenvalue weighted by molar-refractivity contribution is -0.120. The molecule has 2 aromatic rings. The van der Waals surface area contributed by atoms with Crippen LogP contribution in [-0.4, -0.2) is 17.4 Å². The second kappa shape index (κ2) is 5.89. The normalized spacial score (nSPS) is 33.0. The molecule has 0 spiro atoms. The van der Waals surface area contributed by atoms with E-state index in [2.05, 4.69) is 22.4 Å². The highest BCUT2D eigenvalue weighted by Crippen LogP contribution is 2.61. The topological polar surface area (TPSA) is 44.9 Å². The van der Waals surface area contributed by atoms with Crippen molar-refractivity contribution in [2.75, 3.05) is 6.54 Å². The summed E-state index contributed by atoms with van der Waals surface area (Å²) in [6, 6.07) is 8.20. The molecule has 132 valence electrons. The summed E-state index contributed by atoms with van der Waals surface area (Å²) in [5, 5.41) is 4.37. The summed E-state index contributed by atoms with van der Waals surface area (Å²) in [7, 11) is 0. The van der Waals surface area contributed by atoms with Crippen LogP contribution >= 0.6 is 0 Å². The van der Waals surface area contributed by atoms with E-state index in [1.807, 2.05) is 18.3 Å². The second-order valence-corrected chi connectivity index (χ2v) is 9.05. The first-order chi connectivity index (χ1) is 12.2. The molecule has 1 amide bonds. The highest BCUT2D eigenvalue weighted by atomic mass is 16.1. The van der Waals surface area contributed by atoms with E-state index < -0.39 is 0 Å². The first-order valence-electron chi connectivity index (χ1n) is 10.0. The SMILES string of the molecule is O=C(Cc1c[nH]c2ccccc12)NCCC12CC3CC(CC(C3)C1)C2. The van der Waals surface area contributed by atoms with E-state index in [-0.39, 0.29) is 5.91 Å².